The van der Waals surface area contributed by atoms with Crippen LogP contribution in [0.5, 0.6) is 0 Å². The van der Waals surface area contributed by atoms with E-state index in [9.17, 15) is 14.7 Å². The first kappa shape index (κ1) is 18.2. The van der Waals surface area contributed by atoms with Crippen molar-refractivity contribution in [2.45, 2.75) is 63.9 Å². The van der Waals surface area contributed by atoms with Crippen LogP contribution >= 0.6 is 0 Å². The van der Waals surface area contributed by atoms with Crippen molar-refractivity contribution in [2.24, 2.45) is 0 Å². The topological polar surface area (TPSA) is 88.1 Å². The van der Waals surface area contributed by atoms with Gasteiger partial charge in [0.1, 0.15) is 6.10 Å². The van der Waals surface area contributed by atoms with Crippen LogP contribution in [0, 0.1) is 0 Å². The minimum Gasteiger partial charge on any atom is -0.389 e. The van der Waals surface area contributed by atoms with Crippen LogP contribution in [0.15, 0.2) is 0 Å². The molecule has 2 saturated heterocycles. The Morgan fingerprint density at radius 2 is 2.04 bits per heavy atom. The molecule has 0 spiro atoms. The first-order valence-corrected chi connectivity index (χ1v) is 8.52. The second-order valence-electron chi connectivity index (χ2n) is 6.19. The lowest BCUT2D eigenvalue weighted by Gasteiger charge is -2.44. The Morgan fingerprint density at radius 1 is 1.26 bits per heavy atom. The third kappa shape index (κ3) is 4.89. The highest BCUT2D eigenvalue weighted by Gasteiger charge is 2.39. The highest BCUT2D eigenvalue weighted by atomic mass is 16.5. The number of β-amino-alcohol motifs (C(OH)–C–C–N with tert-alkyl or cyclic N) is 1. The number of rotatable bonds is 4. The average molecular weight is 328 g/mol. The van der Waals surface area contributed by atoms with Crippen molar-refractivity contribution in [3.05, 3.63) is 0 Å². The van der Waals surface area contributed by atoms with Gasteiger partial charge in [-0.3, -0.25) is 9.59 Å². The fourth-order valence-corrected chi connectivity index (χ4v) is 3.31. The Labute approximate surface area is 137 Å². The molecule has 0 aromatic rings. The first-order chi connectivity index (χ1) is 11.0. The van der Waals surface area contributed by atoms with Gasteiger partial charge >= 0.3 is 0 Å². The number of carbonyl (C=O) groups is 2. The van der Waals surface area contributed by atoms with Crippen molar-refractivity contribution in [2.75, 3.05) is 26.3 Å². The Bertz CT molecular complexity index is 417. The summed E-state index contributed by atoms with van der Waals surface area (Å²) in [5, 5.41) is 12.7. The van der Waals surface area contributed by atoms with Gasteiger partial charge in [-0.25, -0.2) is 0 Å². The predicted octanol–water partition coefficient (Wildman–Crippen LogP) is 0.0585. The number of fused-ring (bicyclic) bond motifs is 1. The van der Waals surface area contributed by atoms with Gasteiger partial charge in [-0.2, -0.15) is 0 Å². The lowest BCUT2D eigenvalue weighted by atomic mass is 9.94. The highest BCUT2D eigenvalue weighted by molar-refractivity contribution is 5.77. The van der Waals surface area contributed by atoms with Crippen LogP contribution in [0.1, 0.15) is 39.5 Å². The van der Waals surface area contributed by atoms with E-state index < -0.39 is 6.10 Å². The van der Waals surface area contributed by atoms with Crippen molar-refractivity contribution in [3.63, 3.8) is 0 Å². The molecule has 0 saturated carbocycles. The van der Waals surface area contributed by atoms with Gasteiger partial charge in [0.05, 0.1) is 37.9 Å². The lowest BCUT2D eigenvalue weighted by molar-refractivity contribution is -0.169. The van der Waals surface area contributed by atoms with Gasteiger partial charge in [0.15, 0.2) is 0 Å². The predicted molar refractivity (Wildman–Crippen MR) is 83.8 cm³/mol. The number of hydrogen-bond donors (Lipinski definition) is 2. The van der Waals surface area contributed by atoms with E-state index in [4.69, 9.17) is 9.47 Å². The molecular weight excluding hydrogens is 300 g/mol. The van der Waals surface area contributed by atoms with Crippen molar-refractivity contribution in [3.8, 4) is 0 Å². The summed E-state index contributed by atoms with van der Waals surface area (Å²) >= 11 is 0. The minimum absolute atomic E-state index is 0.0142. The van der Waals surface area contributed by atoms with Crippen molar-refractivity contribution >= 4 is 11.8 Å². The monoisotopic (exact) mass is 328 g/mol. The van der Waals surface area contributed by atoms with Crippen LogP contribution in [-0.2, 0) is 19.1 Å². The minimum atomic E-state index is -0.667. The van der Waals surface area contributed by atoms with Gasteiger partial charge in [0.2, 0.25) is 11.8 Å². The standard InChI is InChI=1S/C16H28N2O5/c1-3-16(21)18-8-11(19)9-22-10-14-13(18)6-5-12(23-14)7-15(20)17-4-2/h11-14,19H,3-10H2,1-2H3,(H,17,20)/t11-,12+,13+,14-/m0/s1. The number of ether oxygens (including phenoxy) is 2. The fourth-order valence-electron chi connectivity index (χ4n) is 3.31. The number of carbonyl (C=O) groups excluding carboxylic acids is 2. The third-order valence-corrected chi connectivity index (χ3v) is 4.39. The molecule has 7 heteroatoms. The van der Waals surface area contributed by atoms with Crippen LogP contribution in [0.25, 0.3) is 0 Å². The molecule has 2 amide bonds. The van der Waals surface area contributed by atoms with E-state index in [1.165, 1.54) is 0 Å². The van der Waals surface area contributed by atoms with Gasteiger partial charge in [-0.1, -0.05) is 6.92 Å². The Balaban J connectivity index is 2.02. The fraction of sp³-hybridized carbons (Fsp3) is 0.875. The van der Waals surface area contributed by atoms with Crippen LogP contribution < -0.4 is 5.32 Å². The van der Waals surface area contributed by atoms with Gasteiger partial charge in [-0.15, -0.1) is 0 Å². The molecule has 2 heterocycles. The molecule has 7 nitrogen and oxygen atoms in total. The summed E-state index contributed by atoms with van der Waals surface area (Å²) < 4.78 is 11.5. The SMILES string of the molecule is CCNC(=O)C[C@H]1CC[C@@H]2[C@H](COC[C@@H](O)CN2C(=O)CC)O1. The van der Waals surface area contributed by atoms with E-state index in [-0.39, 0.29) is 43.2 Å². The largest absolute Gasteiger partial charge is 0.389 e. The zero-order chi connectivity index (χ0) is 16.8. The maximum atomic E-state index is 12.2. The van der Waals surface area contributed by atoms with E-state index in [0.29, 0.717) is 26.0 Å². The van der Waals surface area contributed by atoms with Crippen molar-refractivity contribution in [1.29, 1.82) is 0 Å². The zero-order valence-electron chi connectivity index (χ0n) is 14.0. The van der Waals surface area contributed by atoms with E-state index >= 15 is 0 Å². The van der Waals surface area contributed by atoms with E-state index in [1.807, 2.05) is 13.8 Å². The maximum Gasteiger partial charge on any atom is 0.222 e. The van der Waals surface area contributed by atoms with Crippen molar-refractivity contribution < 1.29 is 24.2 Å². The molecule has 0 aliphatic carbocycles. The summed E-state index contributed by atoms with van der Waals surface area (Å²) in [6.45, 7) is 5.12. The molecule has 132 valence electrons. The maximum absolute atomic E-state index is 12.2. The summed E-state index contributed by atoms with van der Waals surface area (Å²) in [4.78, 5) is 25.7. The molecule has 0 unspecified atom stereocenters. The molecule has 2 fully saturated rings. The number of hydrogen-bond acceptors (Lipinski definition) is 5. The van der Waals surface area contributed by atoms with Gasteiger partial charge in [-0.05, 0) is 19.8 Å². The summed E-state index contributed by atoms with van der Waals surface area (Å²) in [5.74, 6) is 0.00588. The smallest absolute Gasteiger partial charge is 0.222 e. The second kappa shape index (κ2) is 8.61. The molecule has 0 radical (unpaired) electrons. The molecule has 0 bridgehead atoms. The number of aliphatic hydroxyl groups is 1. The van der Waals surface area contributed by atoms with Crippen LogP contribution in [0.4, 0.5) is 0 Å². The van der Waals surface area contributed by atoms with E-state index in [2.05, 4.69) is 5.32 Å². The molecule has 2 aliphatic heterocycles. The molecular formula is C16H28N2O5. The lowest BCUT2D eigenvalue weighted by Crippen LogP contribution is -2.57. The Hall–Kier alpha value is -1.18. The molecule has 0 aromatic heterocycles. The Morgan fingerprint density at radius 3 is 2.74 bits per heavy atom. The van der Waals surface area contributed by atoms with Gasteiger partial charge in [0, 0.05) is 19.5 Å². The molecule has 2 rings (SSSR count). The van der Waals surface area contributed by atoms with Crippen molar-refractivity contribution in [1.82, 2.24) is 10.2 Å². The number of nitrogens with one attached hydrogen (secondary N) is 1. The molecule has 23 heavy (non-hydrogen) atoms. The van der Waals surface area contributed by atoms with Gasteiger partial charge in [0.25, 0.3) is 0 Å². The van der Waals surface area contributed by atoms with Crippen LogP contribution in [0.3, 0.4) is 0 Å². The third-order valence-electron chi connectivity index (χ3n) is 4.39. The molecule has 2 N–H and O–H groups in total. The molecule has 4 atom stereocenters. The molecule has 2 aliphatic rings. The van der Waals surface area contributed by atoms with Gasteiger partial charge < -0.3 is 24.8 Å². The summed E-state index contributed by atoms with van der Waals surface area (Å²) in [7, 11) is 0. The summed E-state index contributed by atoms with van der Waals surface area (Å²) in [6, 6.07) is -0.0945. The van der Waals surface area contributed by atoms with Crippen LogP contribution in [-0.4, -0.2) is 72.5 Å². The second-order valence-corrected chi connectivity index (χ2v) is 6.19. The number of aliphatic hydroxyl groups excluding tert-OH is 1. The Kier molecular flexibility index (Phi) is 6.80. The normalized spacial score (nSPS) is 31.7. The van der Waals surface area contributed by atoms with E-state index in [0.717, 1.165) is 12.8 Å². The zero-order valence-corrected chi connectivity index (χ0v) is 14.0. The quantitative estimate of drug-likeness (QED) is 0.762. The first-order valence-electron chi connectivity index (χ1n) is 8.52. The van der Waals surface area contributed by atoms with E-state index in [1.54, 1.807) is 4.90 Å². The number of amides is 2. The molecule has 0 aromatic carbocycles. The highest BCUT2D eigenvalue weighted by Crippen LogP contribution is 2.28. The van der Waals surface area contributed by atoms with Crippen LogP contribution in [0.2, 0.25) is 0 Å². The summed E-state index contributed by atoms with van der Waals surface area (Å²) in [5.41, 5.74) is 0. The number of nitrogens with zero attached hydrogens (tertiary/aromatic N) is 1. The average Bonchev–Trinajstić information content (AvgIpc) is 2.51. The summed E-state index contributed by atoms with van der Waals surface area (Å²) in [6.07, 6.45) is 1.17.